The summed E-state index contributed by atoms with van der Waals surface area (Å²) in [5, 5.41) is 24.7. The predicted octanol–water partition coefficient (Wildman–Crippen LogP) is 16.5. The van der Waals surface area contributed by atoms with Crippen molar-refractivity contribution in [3.8, 4) is 68.0 Å². The van der Waals surface area contributed by atoms with Gasteiger partial charge in [0.1, 0.15) is 0 Å². The lowest BCUT2D eigenvalue weighted by Crippen LogP contribution is -2.08. The Morgan fingerprint density at radius 2 is 0.941 bits per heavy atom. The minimum atomic E-state index is -4.74. The Kier molecular flexibility index (Phi) is 9.92. The quantitative estimate of drug-likeness (QED) is 0.167. The number of hydrogen-bond acceptors (Lipinski definition) is 2. The van der Waals surface area contributed by atoms with Gasteiger partial charge in [-0.15, -0.1) is 0 Å². The Hall–Kier alpha value is -8.65. The molecule has 4 nitrogen and oxygen atoms in total. The van der Waals surface area contributed by atoms with Crippen molar-refractivity contribution in [2.75, 3.05) is 0 Å². The fraction of sp³-hybridized carbons (Fsp3) is 0.0820. The van der Waals surface area contributed by atoms with E-state index >= 15 is 0 Å². The lowest BCUT2D eigenvalue weighted by molar-refractivity contribution is -0.137. The fourth-order valence-corrected chi connectivity index (χ4v) is 10.3. The number of nitriles is 2. The summed E-state index contributed by atoms with van der Waals surface area (Å²) in [5.41, 5.74) is 15.1. The molecule has 2 heterocycles. The van der Waals surface area contributed by atoms with Crippen molar-refractivity contribution >= 4 is 43.6 Å². The zero-order valence-corrected chi connectivity index (χ0v) is 37.7. The Morgan fingerprint density at radius 1 is 0.412 bits per heavy atom. The van der Waals surface area contributed by atoms with E-state index in [0.717, 1.165) is 77.6 Å². The van der Waals surface area contributed by atoms with Gasteiger partial charge in [-0.1, -0.05) is 108 Å². The highest BCUT2D eigenvalue weighted by atomic mass is 19.4. The second-order valence-corrected chi connectivity index (χ2v) is 17.7. The first-order chi connectivity index (χ1) is 32.9. The second-order valence-electron chi connectivity index (χ2n) is 17.7. The standard InChI is InChI=1S/C61H41F3N4/c1-36-13-21-46(38(3)27-36)41-17-24-58-52(30-41)49-9-5-7-11-56(49)67(58)45-20-16-44(35-66)51(33-45)54-32-43(48-23-15-40(34-65)29-55(48)61(62,63)64)19-26-60(54)68-57-12-8-6-10-50(57)53-31-42(18-25-59(53)68)47-22-14-37(2)28-39(47)4/h5-33H,1-4H3. The highest BCUT2D eigenvalue weighted by molar-refractivity contribution is 6.12. The first-order valence-corrected chi connectivity index (χ1v) is 22.4. The topological polar surface area (TPSA) is 57.4 Å². The van der Waals surface area contributed by atoms with Gasteiger partial charge in [0.15, 0.2) is 0 Å². The average Bonchev–Trinajstić information content (AvgIpc) is 3.85. The average molecular weight is 887 g/mol. The fourth-order valence-electron chi connectivity index (χ4n) is 10.3. The summed E-state index contributed by atoms with van der Waals surface area (Å²) in [6.07, 6.45) is -4.74. The second kappa shape index (κ2) is 16.0. The van der Waals surface area contributed by atoms with Crippen LogP contribution in [0.5, 0.6) is 0 Å². The monoisotopic (exact) mass is 886 g/mol. The van der Waals surface area contributed by atoms with Gasteiger partial charge in [0.05, 0.1) is 56.6 Å². The molecule has 0 saturated heterocycles. The molecule has 0 unspecified atom stereocenters. The van der Waals surface area contributed by atoms with Crippen LogP contribution in [0.4, 0.5) is 13.2 Å². The van der Waals surface area contributed by atoms with Gasteiger partial charge in [-0.3, -0.25) is 0 Å². The summed E-state index contributed by atoms with van der Waals surface area (Å²) in [7, 11) is 0. The zero-order valence-electron chi connectivity index (χ0n) is 37.7. The Bertz CT molecular complexity index is 3980. The number of alkyl halides is 3. The van der Waals surface area contributed by atoms with Gasteiger partial charge >= 0.3 is 6.18 Å². The number of hydrogen-bond donors (Lipinski definition) is 0. The maximum atomic E-state index is 14.9. The van der Waals surface area contributed by atoms with Gasteiger partial charge in [0.25, 0.3) is 0 Å². The number of fused-ring (bicyclic) bond motifs is 6. The van der Waals surface area contributed by atoms with Crippen LogP contribution >= 0.6 is 0 Å². The van der Waals surface area contributed by atoms with E-state index in [-0.39, 0.29) is 11.1 Å². The van der Waals surface area contributed by atoms with E-state index < -0.39 is 11.7 Å². The lowest BCUT2D eigenvalue weighted by atomic mass is 9.91. The molecule has 0 N–H and O–H groups in total. The van der Waals surface area contributed by atoms with Gasteiger partial charge in [-0.2, -0.15) is 23.7 Å². The molecule has 9 aromatic carbocycles. The lowest BCUT2D eigenvalue weighted by Gasteiger charge is -2.20. The predicted molar refractivity (Wildman–Crippen MR) is 270 cm³/mol. The maximum Gasteiger partial charge on any atom is 0.417 e. The molecule has 11 rings (SSSR count). The molecule has 0 aliphatic rings. The number of para-hydroxylation sites is 2. The summed E-state index contributed by atoms with van der Waals surface area (Å²) < 4.78 is 49.1. The van der Waals surface area contributed by atoms with Gasteiger partial charge in [0.2, 0.25) is 0 Å². The van der Waals surface area contributed by atoms with E-state index in [1.165, 1.54) is 34.4 Å². The van der Waals surface area contributed by atoms with Crippen LogP contribution in [0.1, 0.15) is 38.9 Å². The SMILES string of the molecule is Cc1ccc(-c2ccc3c(c2)c2ccccc2n3-c2ccc(C#N)c(-c3cc(-c4ccc(C#N)cc4C(F)(F)F)ccc3-n3c4ccccc4c4cc(-c5ccc(C)cc5C)ccc43)c2)c(C)c1. The van der Waals surface area contributed by atoms with Gasteiger partial charge in [0, 0.05) is 38.4 Å². The number of nitrogens with zero attached hydrogens (tertiary/aromatic N) is 4. The molecule has 326 valence electrons. The van der Waals surface area contributed by atoms with E-state index in [2.05, 4.69) is 140 Å². The number of benzene rings is 9. The third kappa shape index (κ3) is 6.91. The molecule has 2 aromatic heterocycles. The van der Waals surface area contributed by atoms with Crippen LogP contribution in [0.3, 0.4) is 0 Å². The van der Waals surface area contributed by atoms with Crippen LogP contribution in [-0.4, -0.2) is 9.13 Å². The smallest absolute Gasteiger partial charge is 0.309 e. The van der Waals surface area contributed by atoms with Crippen molar-refractivity contribution < 1.29 is 13.2 Å². The molecule has 7 heteroatoms. The highest BCUT2D eigenvalue weighted by Crippen LogP contribution is 2.45. The molecule has 11 aromatic rings. The van der Waals surface area contributed by atoms with Crippen LogP contribution in [0, 0.1) is 50.4 Å². The molecule has 0 fully saturated rings. The summed E-state index contributed by atoms with van der Waals surface area (Å²) in [5.74, 6) is 0. The Balaban J connectivity index is 1.18. The van der Waals surface area contributed by atoms with E-state index in [4.69, 9.17) is 0 Å². The van der Waals surface area contributed by atoms with E-state index in [9.17, 15) is 23.7 Å². The summed E-state index contributed by atoms with van der Waals surface area (Å²) in [4.78, 5) is 0. The van der Waals surface area contributed by atoms with E-state index in [0.29, 0.717) is 27.9 Å². The minimum absolute atomic E-state index is 0.0682. The first-order valence-electron chi connectivity index (χ1n) is 22.4. The normalized spacial score (nSPS) is 11.7. The maximum absolute atomic E-state index is 14.9. The molecule has 0 amide bonds. The summed E-state index contributed by atoms with van der Waals surface area (Å²) >= 11 is 0. The zero-order chi connectivity index (χ0) is 47.0. The van der Waals surface area contributed by atoms with Crippen molar-refractivity contribution in [1.29, 1.82) is 10.5 Å². The molecular formula is C61H41F3N4. The van der Waals surface area contributed by atoms with Gasteiger partial charge in [-0.25, -0.2) is 0 Å². The third-order valence-electron chi connectivity index (χ3n) is 13.4. The minimum Gasteiger partial charge on any atom is -0.309 e. The van der Waals surface area contributed by atoms with E-state index in [1.807, 2.05) is 48.5 Å². The Labute approximate surface area is 391 Å². The Morgan fingerprint density at radius 3 is 1.51 bits per heavy atom. The molecule has 0 aliphatic carbocycles. The molecule has 0 spiro atoms. The molecule has 0 aliphatic heterocycles. The van der Waals surface area contributed by atoms with E-state index in [1.54, 1.807) is 18.2 Å². The van der Waals surface area contributed by atoms with Crippen LogP contribution in [-0.2, 0) is 6.18 Å². The van der Waals surface area contributed by atoms with Crippen molar-refractivity contribution in [1.82, 2.24) is 9.13 Å². The van der Waals surface area contributed by atoms with Crippen molar-refractivity contribution in [3.05, 3.63) is 215 Å². The molecule has 0 bridgehead atoms. The summed E-state index contributed by atoms with van der Waals surface area (Å²) in [6.45, 7) is 8.43. The molecule has 0 saturated carbocycles. The van der Waals surface area contributed by atoms with Crippen molar-refractivity contribution in [2.24, 2.45) is 0 Å². The third-order valence-corrected chi connectivity index (χ3v) is 13.4. The van der Waals surface area contributed by atoms with Crippen molar-refractivity contribution in [3.63, 3.8) is 0 Å². The van der Waals surface area contributed by atoms with Gasteiger partial charge in [-0.05, 0) is 151 Å². The summed E-state index contributed by atoms with van der Waals surface area (Å²) in [6, 6.07) is 61.3. The largest absolute Gasteiger partial charge is 0.417 e. The van der Waals surface area contributed by atoms with Gasteiger partial charge < -0.3 is 9.13 Å². The number of halogens is 3. The van der Waals surface area contributed by atoms with Crippen LogP contribution in [0.2, 0.25) is 0 Å². The molecule has 0 radical (unpaired) electrons. The molecule has 68 heavy (non-hydrogen) atoms. The molecular weight excluding hydrogens is 846 g/mol. The first kappa shape index (κ1) is 42.0. The number of rotatable bonds is 6. The molecule has 0 atom stereocenters. The van der Waals surface area contributed by atoms with Crippen LogP contribution in [0.25, 0.3) is 99.5 Å². The highest BCUT2D eigenvalue weighted by Gasteiger charge is 2.34. The van der Waals surface area contributed by atoms with Crippen LogP contribution in [0.15, 0.2) is 176 Å². The number of aromatic nitrogens is 2. The van der Waals surface area contributed by atoms with Crippen LogP contribution < -0.4 is 0 Å². The van der Waals surface area contributed by atoms with Crippen molar-refractivity contribution in [2.45, 2.75) is 33.9 Å². The number of aryl methyl sites for hydroxylation is 4.